The van der Waals surface area contributed by atoms with Gasteiger partial charge >= 0.3 is 0 Å². The van der Waals surface area contributed by atoms with Crippen LogP contribution < -0.4 is 0 Å². The Morgan fingerprint density at radius 2 is 2.06 bits per heavy atom. The maximum absolute atomic E-state index is 12.5. The number of Topliss-reactive ketones (excluding diaryl/α,β-unsaturated/α-hetero) is 1. The molecule has 1 aliphatic carbocycles. The second-order valence-corrected chi connectivity index (χ2v) is 6.39. The minimum absolute atomic E-state index is 0.215. The molecule has 0 saturated carbocycles. The highest BCUT2D eigenvalue weighted by Crippen LogP contribution is 2.40. The van der Waals surface area contributed by atoms with Crippen molar-refractivity contribution in [3.63, 3.8) is 0 Å². The van der Waals surface area contributed by atoms with Crippen molar-refractivity contribution in [1.82, 2.24) is 0 Å². The van der Waals surface area contributed by atoms with E-state index in [4.69, 9.17) is 0 Å². The average molecular weight is 256 g/mol. The van der Waals surface area contributed by atoms with E-state index in [1.54, 1.807) is 11.8 Å². The third-order valence-electron chi connectivity index (χ3n) is 3.54. The minimum atomic E-state index is 0.215. The summed E-state index contributed by atoms with van der Waals surface area (Å²) in [7, 11) is 0. The first-order valence-corrected chi connectivity index (χ1v) is 7.25. The molecule has 0 fully saturated rings. The Balaban J connectivity index is 1.99. The maximum Gasteiger partial charge on any atom is 0.199 e. The molecule has 0 spiro atoms. The number of carbonyl (C=O) groups excluding carboxylic acids is 1. The highest BCUT2D eigenvalue weighted by Gasteiger charge is 2.29. The van der Waals surface area contributed by atoms with E-state index in [0.29, 0.717) is 11.2 Å². The quantitative estimate of drug-likeness (QED) is 0.755. The Hall–Kier alpha value is -1.28. The van der Waals surface area contributed by atoms with Crippen molar-refractivity contribution in [2.24, 2.45) is 5.92 Å². The molecule has 0 aromatic heterocycles. The van der Waals surface area contributed by atoms with Crippen molar-refractivity contribution in [1.29, 1.82) is 0 Å². The van der Waals surface area contributed by atoms with Crippen molar-refractivity contribution >= 4 is 17.5 Å². The molecule has 0 amide bonds. The van der Waals surface area contributed by atoms with Crippen molar-refractivity contribution in [3.8, 4) is 0 Å². The summed E-state index contributed by atoms with van der Waals surface area (Å²) in [5.74, 6) is 0.775. The van der Waals surface area contributed by atoms with Crippen molar-refractivity contribution in [2.45, 2.75) is 25.5 Å². The van der Waals surface area contributed by atoms with E-state index in [0.717, 1.165) is 22.5 Å². The van der Waals surface area contributed by atoms with Gasteiger partial charge in [0, 0.05) is 10.8 Å². The molecule has 3 rings (SSSR count). The second kappa shape index (κ2) is 4.43. The van der Waals surface area contributed by atoms with Crippen LogP contribution in [0.3, 0.4) is 0 Å². The molecule has 0 radical (unpaired) electrons. The fraction of sp³-hybridized carbons (Fsp3) is 0.312. The zero-order chi connectivity index (χ0) is 12.7. The average Bonchev–Trinajstić information content (AvgIpc) is 2.38. The van der Waals surface area contributed by atoms with Crippen molar-refractivity contribution in [2.75, 3.05) is 0 Å². The number of hydrogen-bond donors (Lipinski definition) is 0. The van der Waals surface area contributed by atoms with Gasteiger partial charge in [0.05, 0.1) is 4.91 Å². The SMILES string of the molecule is CC(C)C1C=CC2=C(S1)C(=O)c1ccccc1C2. The Bertz CT molecular complexity index is 566. The highest BCUT2D eigenvalue weighted by atomic mass is 32.2. The molecule has 92 valence electrons. The summed E-state index contributed by atoms with van der Waals surface area (Å²) < 4.78 is 0. The zero-order valence-corrected chi connectivity index (χ0v) is 11.5. The lowest BCUT2D eigenvalue weighted by Gasteiger charge is -2.27. The standard InChI is InChI=1S/C16H16OS/c1-10(2)14-8-7-12-9-11-5-3-4-6-13(11)15(17)16(12)18-14/h3-8,10,14H,9H2,1-2H3. The molecular formula is C16H16OS. The van der Waals surface area contributed by atoms with E-state index in [2.05, 4.69) is 32.1 Å². The molecule has 0 bridgehead atoms. The van der Waals surface area contributed by atoms with E-state index < -0.39 is 0 Å². The second-order valence-electron chi connectivity index (χ2n) is 5.20. The maximum atomic E-state index is 12.5. The van der Waals surface area contributed by atoms with Gasteiger partial charge in [-0.1, -0.05) is 50.3 Å². The Morgan fingerprint density at radius 1 is 1.28 bits per heavy atom. The molecule has 2 aliphatic rings. The first-order chi connectivity index (χ1) is 8.66. The van der Waals surface area contributed by atoms with Crippen molar-refractivity contribution in [3.05, 3.63) is 58.0 Å². The Kier molecular flexibility index (Phi) is 2.90. The molecular weight excluding hydrogens is 240 g/mol. The number of hydrogen-bond acceptors (Lipinski definition) is 2. The number of thioether (sulfide) groups is 1. The number of rotatable bonds is 1. The van der Waals surface area contributed by atoms with Gasteiger partial charge in [0.1, 0.15) is 0 Å². The van der Waals surface area contributed by atoms with Gasteiger partial charge in [0.2, 0.25) is 0 Å². The van der Waals surface area contributed by atoms with Crippen molar-refractivity contribution < 1.29 is 4.79 Å². The van der Waals surface area contributed by atoms with E-state index in [1.165, 1.54) is 5.57 Å². The summed E-state index contributed by atoms with van der Waals surface area (Å²) in [6, 6.07) is 7.97. The van der Waals surface area contributed by atoms with Gasteiger partial charge in [0.25, 0.3) is 0 Å². The molecule has 18 heavy (non-hydrogen) atoms. The van der Waals surface area contributed by atoms with Gasteiger partial charge in [0.15, 0.2) is 5.78 Å². The summed E-state index contributed by atoms with van der Waals surface area (Å²) >= 11 is 1.74. The highest BCUT2D eigenvalue weighted by molar-refractivity contribution is 8.04. The van der Waals surface area contributed by atoms with Crippen LogP contribution in [0.2, 0.25) is 0 Å². The summed E-state index contributed by atoms with van der Waals surface area (Å²) in [4.78, 5) is 13.5. The third-order valence-corrected chi connectivity index (χ3v) is 5.20. The van der Waals surface area contributed by atoms with E-state index in [1.807, 2.05) is 18.2 Å². The molecule has 0 N–H and O–H groups in total. The predicted molar refractivity (Wildman–Crippen MR) is 76.9 cm³/mol. The number of fused-ring (bicyclic) bond motifs is 1. The smallest absolute Gasteiger partial charge is 0.199 e. The van der Waals surface area contributed by atoms with Gasteiger partial charge in [-0.05, 0) is 23.5 Å². The lowest BCUT2D eigenvalue weighted by Crippen LogP contribution is -2.20. The number of allylic oxidation sites excluding steroid dienone is 3. The molecule has 1 aromatic carbocycles. The van der Waals surface area contributed by atoms with Crippen LogP contribution in [0.25, 0.3) is 0 Å². The van der Waals surface area contributed by atoms with Crippen LogP contribution in [0.5, 0.6) is 0 Å². The van der Waals surface area contributed by atoms with Gasteiger partial charge in [-0.25, -0.2) is 0 Å². The van der Waals surface area contributed by atoms with Crippen LogP contribution in [0.15, 0.2) is 46.9 Å². The van der Waals surface area contributed by atoms with E-state index >= 15 is 0 Å². The molecule has 1 unspecified atom stereocenters. The zero-order valence-electron chi connectivity index (χ0n) is 10.6. The van der Waals surface area contributed by atoms with Crippen LogP contribution in [0.1, 0.15) is 29.8 Å². The van der Waals surface area contributed by atoms with Gasteiger partial charge < -0.3 is 0 Å². The summed E-state index contributed by atoms with van der Waals surface area (Å²) in [5.41, 5.74) is 3.25. The summed E-state index contributed by atoms with van der Waals surface area (Å²) in [6.07, 6.45) is 5.30. The van der Waals surface area contributed by atoms with Gasteiger partial charge in [-0.15, -0.1) is 11.8 Å². The Labute approximate surface area is 112 Å². The largest absolute Gasteiger partial charge is 0.288 e. The molecule has 1 nitrogen and oxygen atoms in total. The van der Waals surface area contributed by atoms with Crippen LogP contribution in [0, 0.1) is 5.92 Å². The summed E-state index contributed by atoms with van der Waals surface area (Å²) in [5, 5.41) is 0.429. The van der Waals surface area contributed by atoms with E-state index in [-0.39, 0.29) is 5.78 Å². The monoisotopic (exact) mass is 256 g/mol. The molecule has 1 aliphatic heterocycles. The van der Waals surface area contributed by atoms with Crippen LogP contribution in [0.4, 0.5) is 0 Å². The normalized spacial score (nSPS) is 22.2. The third kappa shape index (κ3) is 1.85. The van der Waals surface area contributed by atoms with Crippen LogP contribution >= 0.6 is 11.8 Å². The first-order valence-electron chi connectivity index (χ1n) is 6.37. The number of carbonyl (C=O) groups is 1. The minimum Gasteiger partial charge on any atom is -0.288 e. The molecule has 1 aromatic rings. The molecule has 2 heteroatoms. The van der Waals surface area contributed by atoms with Gasteiger partial charge in [-0.2, -0.15) is 0 Å². The number of ketones is 1. The molecule has 1 atom stereocenters. The van der Waals surface area contributed by atoms with Gasteiger partial charge in [-0.3, -0.25) is 4.79 Å². The van der Waals surface area contributed by atoms with Crippen LogP contribution in [-0.2, 0) is 6.42 Å². The Morgan fingerprint density at radius 3 is 2.83 bits per heavy atom. The lowest BCUT2D eigenvalue weighted by atomic mass is 9.89. The van der Waals surface area contributed by atoms with Crippen LogP contribution in [-0.4, -0.2) is 11.0 Å². The number of benzene rings is 1. The molecule has 0 saturated heterocycles. The predicted octanol–water partition coefficient (Wildman–Crippen LogP) is 4.01. The fourth-order valence-corrected chi connectivity index (χ4v) is 3.67. The fourth-order valence-electron chi connectivity index (χ4n) is 2.46. The topological polar surface area (TPSA) is 17.1 Å². The first kappa shape index (κ1) is 11.8. The van der Waals surface area contributed by atoms with E-state index in [9.17, 15) is 4.79 Å². The lowest BCUT2D eigenvalue weighted by molar-refractivity contribution is 0.103. The molecule has 1 heterocycles. The summed E-state index contributed by atoms with van der Waals surface area (Å²) in [6.45, 7) is 4.41.